The first-order valence-electron chi connectivity index (χ1n) is 12.6. The SMILES string of the molecule is CCC(CC)C(=O)/C=C(\O)C(CC)CC.Fc1c(F)c(F)c2c(-c3cc4ccccc4[n-]3)ncnc2c1F.[Ir]. The number of halogens is 4. The Morgan fingerprint density at radius 3 is 2.08 bits per heavy atom. The molecule has 0 bridgehead atoms. The van der Waals surface area contributed by atoms with Gasteiger partial charge < -0.3 is 10.1 Å². The van der Waals surface area contributed by atoms with Crippen molar-refractivity contribution in [1.82, 2.24) is 15.0 Å². The summed E-state index contributed by atoms with van der Waals surface area (Å²) in [6.07, 6.45) is 5.86. The number of rotatable bonds is 8. The Labute approximate surface area is 238 Å². The fourth-order valence-corrected chi connectivity index (χ4v) is 4.28. The molecule has 0 aliphatic carbocycles. The zero-order chi connectivity index (χ0) is 28.0. The normalized spacial score (nSPS) is 11.6. The third kappa shape index (κ3) is 6.92. The van der Waals surface area contributed by atoms with Crippen molar-refractivity contribution in [2.75, 3.05) is 0 Å². The molecule has 0 unspecified atom stereocenters. The topological polar surface area (TPSA) is 77.2 Å². The molecule has 4 rings (SSSR count). The molecule has 2 aromatic carbocycles. The predicted molar refractivity (Wildman–Crippen MR) is 139 cm³/mol. The number of nitrogens with zero attached hydrogens (tertiary/aromatic N) is 3. The second-order valence-corrected chi connectivity index (χ2v) is 8.90. The van der Waals surface area contributed by atoms with E-state index in [0.717, 1.165) is 37.4 Å². The number of para-hydroxylation sites is 1. The van der Waals surface area contributed by atoms with E-state index < -0.39 is 34.2 Å². The van der Waals surface area contributed by atoms with Gasteiger partial charge in [-0.2, -0.15) is 0 Å². The van der Waals surface area contributed by atoms with Crippen LogP contribution in [0, 0.1) is 35.1 Å². The van der Waals surface area contributed by atoms with Gasteiger partial charge in [-0.1, -0.05) is 58.0 Å². The molecule has 0 spiro atoms. The van der Waals surface area contributed by atoms with Gasteiger partial charge in [0.25, 0.3) is 0 Å². The molecule has 0 saturated carbocycles. The van der Waals surface area contributed by atoms with Gasteiger partial charge in [0.05, 0.1) is 16.8 Å². The Kier molecular flexibility index (Phi) is 11.8. The van der Waals surface area contributed by atoms with Crippen molar-refractivity contribution < 1.29 is 47.6 Å². The Bertz CT molecular complexity index is 1430. The first-order chi connectivity index (χ1) is 18.2. The molecule has 0 fully saturated rings. The number of fused-ring (bicyclic) bond motifs is 2. The molecule has 211 valence electrons. The molecule has 0 saturated heterocycles. The largest absolute Gasteiger partial charge is 0.656 e. The third-order valence-corrected chi connectivity index (χ3v) is 6.65. The minimum absolute atomic E-state index is 0. The van der Waals surface area contributed by atoms with Crippen LogP contribution in [0.25, 0.3) is 33.2 Å². The van der Waals surface area contributed by atoms with Crippen molar-refractivity contribution in [3.05, 3.63) is 71.8 Å². The number of hydrogen-bond donors (Lipinski definition) is 1. The van der Waals surface area contributed by atoms with Crippen LogP contribution in [0.3, 0.4) is 0 Å². The van der Waals surface area contributed by atoms with Crippen molar-refractivity contribution in [2.45, 2.75) is 53.4 Å². The zero-order valence-electron chi connectivity index (χ0n) is 22.1. The Morgan fingerprint density at radius 2 is 1.49 bits per heavy atom. The van der Waals surface area contributed by atoms with Gasteiger partial charge in [0.1, 0.15) is 11.8 Å². The standard InChI is InChI=1S/C16H6F4N3.C13H24O2.Ir/c17-11-10-15(9-5-7-3-1-2-4-8(7)23-9)21-6-22-16(10)14(20)13(19)12(11)18;1-5-10(6-2)12(14)9-13(15)11(7-3)8-4;/h1-6H;9-11,14H,5-8H2,1-4H3;/q-1;;/b;12-9-;. The van der Waals surface area contributed by atoms with Crippen molar-refractivity contribution in [3.8, 4) is 11.4 Å². The van der Waals surface area contributed by atoms with Crippen LogP contribution in [0.2, 0.25) is 0 Å². The van der Waals surface area contributed by atoms with Crippen LogP contribution in [-0.4, -0.2) is 20.9 Å². The van der Waals surface area contributed by atoms with E-state index in [1.54, 1.807) is 30.3 Å². The molecule has 5 nitrogen and oxygen atoms in total. The summed E-state index contributed by atoms with van der Waals surface area (Å²) in [5.74, 6) is -6.35. The summed E-state index contributed by atoms with van der Waals surface area (Å²) < 4.78 is 54.9. The quantitative estimate of drug-likeness (QED) is 0.0661. The van der Waals surface area contributed by atoms with E-state index in [1.165, 1.54) is 6.08 Å². The van der Waals surface area contributed by atoms with Crippen LogP contribution >= 0.6 is 0 Å². The summed E-state index contributed by atoms with van der Waals surface area (Å²) in [5, 5.41) is 9.99. The van der Waals surface area contributed by atoms with Crippen LogP contribution in [0.4, 0.5) is 17.6 Å². The van der Waals surface area contributed by atoms with E-state index in [2.05, 4.69) is 15.0 Å². The van der Waals surface area contributed by atoms with Gasteiger partial charge in [-0.25, -0.2) is 27.5 Å². The number of ketones is 1. The number of benzene rings is 2. The first kappa shape index (κ1) is 32.1. The summed E-state index contributed by atoms with van der Waals surface area (Å²) in [5.41, 5.74) is 0.126. The fraction of sp³-hybridized carbons (Fsp3) is 0.345. The molecule has 0 aliphatic heterocycles. The number of allylic oxidation sites excluding steroid dienone is 2. The third-order valence-electron chi connectivity index (χ3n) is 6.65. The molecular formula is C29H30F4IrN3O2-. The number of carbonyl (C=O) groups is 1. The maximum atomic E-state index is 14.2. The number of aliphatic hydroxyl groups excluding tert-OH is 1. The summed E-state index contributed by atoms with van der Waals surface area (Å²) >= 11 is 0. The van der Waals surface area contributed by atoms with E-state index in [1.807, 2.05) is 27.7 Å². The van der Waals surface area contributed by atoms with Crippen LogP contribution in [0.5, 0.6) is 0 Å². The van der Waals surface area contributed by atoms with Crippen molar-refractivity contribution in [3.63, 3.8) is 0 Å². The summed E-state index contributed by atoms with van der Waals surface area (Å²) in [4.78, 5) is 23.4. The first-order valence-corrected chi connectivity index (χ1v) is 12.6. The number of carbonyl (C=O) groups excluding carboxylic acids is 1. The molecule has 2 aromatic heterocycles. The molecule has 1 N–H and O–H groups in total. The van der Waals surface area contributed by atoms with Gasteiger partial charge in [0.15, 0.2) is 29.1 Å². The van der Waals surface area contributed by atoms with Gasteiger partial charge in [0.2, 0.25) is 0 Å². The maximum Gasteiger partial charge on any atom is 0.199 e. The Balaban J connectivity index is 0.000000294. The van der Waals surface area contributed by atoms with Crippen LogP contribution in [0.1, 0.15) is 53.4 Å². The molecule has 0 amide bonds. The second-order valence-electron chi connectivity index (χ2n) is 8.90. The Hall–Kier alpha value is -3.10. The van der Waals surface area contributed by atoms with Crippen molar-refractivity contribution >= 4 is 27.6 Å². The van der Waals surface area contributed by atoms with Crippen LogP contribution in [0.15, 0.2) is 48.5 Å². The molecule has 0 atom stereocenters. The average Bonchev–Trinajstić information content (AvgIpc) is 3.36. The van der Waals surface area contributed by atoms with Gasteiger partial charge in [-0.3, -0.25) is 4.79 Å². The minimum Gasteiger partial charge on any atom is -0.656 e. The summed E-state index contributed by atoms with van der Waals surface area (Å²) in [7, 11) is 0. The van der Waals surface area contributed by atoms with E-state index in [0.29, 0.717) is 5.52 Å². The van der Waals surface area contributed by atoms with Gasteiger partial charge in [0, 0.05) is 38.0 Å². The van der Waals surface area contributed by atoms with Crippen molar-refractivity contribution in [1.29, 1.82) is 0 Å². The molecule has 0 aliphatic rings. The molecule has 39 heavy (non-hydrogen) atoms. The van der Waals surface area contributed by atoms with E-state index in [4.69, 9.17) is 0 Å². The Morgan fingerprint density at radius 1 is 0.897 bits per heavy atom. The maximum absolute atomic E-state index is 14.2. The molecule has 10 heteroatoms. The molecule has 2 heterocycles. The zero-order valence-corrected chi connectivity index (χ0v) is 24.5. The smallest absolute Gasteiger partial charge is 0.199 e. The van der Waals surface area contributed by atoms with Crippen LogP contribution in [-0.2, 0) is 24.9 Å². The van der Waals surface area contributed by atoms with Crippen LogP contribution < -0.4 is 4.98 Å². The molecule has 1 radical (unpaired) electrons. The molecular weight excluding hydrogens is 691 g/mol. The fourth-order valence-electron chi connectivity index (χ4n) is 4.28. The van der Waals surface area contributed by atoms with E-state index in [9.17, 15) is 27.5 Å². The minimum atomic E-state index is -1.90. The number of aromatic nitrogens is 3. The predicted octanol–water partition coefficient (Wildman–Crippen LogP) is 7.83. The second kappa shape index (κ2) is 14.3. The van der Waals surface area contributed by atoms with Gasteiger partial charge in [-0.05, 0) is 31.1 Å². The van der Waals surface area contributed by atoms with Gasteiger partial charge >= 0.3 is 0 Å². The van der Waals surface area contributed by atoms with E-state index >= 15 is 0 Å². The van der Waals surface area contributed by atoms with Gasteiger partial charge in [-0.15, -0.1) is 11.2 Å². The van der Waals surface area contributed by atoms with E-state index in [-0.39, 0.29) is 54.9 Å². The number of aliphatic hydroxyl groups is 1. The summed E-state index contributed by atoms with van der Waals surface area (Å²) in [6.45, 7) is 8.07. The monoisotopic (exact) mass is 721 g/mol. The van der Waals surface area contributed by atoms with Crippen molar-refractivity contribution in [2.24, 2.45) is 11.8 Å². The summed E-state index contributed by atoms with van der Waals surface area (Å²) in [6, 6.07) is 8.69. The molecule has 4 aromatic rings. The number of hydrogen-bond acceptors (Lipinski definition) is 4. The average molecular weight is 721 g/mol.